The van der Waals surface area contributed by atoms with E-state index >= 15 is 0 Å². The zero-order chi connectivity index (χ0) is 15.5. The minimum atomic E-state index is -0.00962. The number of carbonyl (C=O) groups is 2. The Morgan fingerprint density at radius 1 is 1.23 bits per heavy atom. The van der Waals surface area contributed by atoms with Gasteiger partial charge in [0, 0.05) is 32.5 Å². The number of carbonyl (C=O) groups excluding carboxylic acids is 2. The van der Waals surface area contributed by atoms with Crippen LogP contribution in [0.5, 0.6) is 11.5 Å². The average molecular weight is 304 g/mol. The van der Waals surface area contributed by atoms with E-state index in [1.807, 2.05) is 18.2 Å². The van der Waals surface area contributed by atoms with E-state index in [2.05, 4.69) is 5.32 Å². The van der Waals surface area contributed by atoms with E-state index in [0.717, 1.165) is 29.9 Å². The zero-order valence-electron chi connectivity index (χ0n) is 12.6. The van der Waals surface area contributed by atoms with Crippen LogP contribution in [0.4, 0.5) is 0 Å². The van der Waals surface area contributed by atoms with Gasteiger partial charge in [0.1, 0.15) is 0 Å². The Balaban J connectivity index is 1.49. The highest BCUT2D eigenvalue weighted by Crippen LogP contribution is 2.32. The lowest BCUT2D eigenvalue weighted by molar-refractivity contribution is -0.134. The molecule has 1 N–H and O–H groups in total. The highest BCUT2D eigenvalue weighted by Gasteiger charge is 2.25. The molecule has 118 valence electrons. The van der Waals surface area contributed by atoms with Crippen LogP contribution >= 0.6 is 0 Å². The fraction of sp³-hybridized carbons (Fsp3) is 0.500. The van der Waals surface area contributed by atoms with Crippen molar-refractivity contribution in [3.8, 4) is 11.5 Å². The van der Waals surface area contributed by atoms with Gasteiger partial charge < -0.3 is 19.7 Å². The van der Waals surface area contributed by atoms with Crippen molar-refractivity contribution in [3.05, 3.63) is 23.8 Å². The highest BCUT2D eigenvalue weighted by atomic mass is 16.7. The second kappa shape index (κ2) is 6.25. The van der Waals surface area contributed by atoms with Crippen LogP contribution in [0.3, 0.4) is 0 Å². The number of rotatable bonds is 3. The van der Waals surface area contributed by atoms with Crippen LogP contribution in [0.15, 0.2) is 18.2 Å². The summed E-state index contributed by atoms with van der Waals surface area (Å²) in [6.45, 7) is 3.62. The van der Waals surface area contributed by atoms with Crippen LogP contribution in [0, 0.1) is 5.92 Å². The fourth-order valence-corrected chi connectivity index (χ4v) is 2.84. The molecule has 1 saturated heterocycles. The molecule has 0 radical (unpaired) electrons. The maximum atomic E-state index is 12.2. The molecule has 0 atom stereocenters. The van der Waals surface area contributed by atoms with Crippen LogP contribution in [-0.2, 0) is 16.1 Å². The van der Waals surface area contributed by atoms with Gasteiger partial charge in [0.05, 0.1) is 0 Å². The van der Waals surface area contributed by atoms with E-state index in [-0.39, 0.29) is 24.5 Å². The van der Waals surface area contributed by atoms with E-state index in [9.17, 15) is 9.59 Å². The van der Waals surface area contributed by atoms with Crippen molar-refractivity contribution in [1.82, 2.24) is 10.2 Å². The van der Waals surface area contributed by atoms with Gasteiger partial charge in [0.15, 0.2) is 11.5 Å². The summed E-state index contributed by atoms with van der Waals surface area (Å²) in [6, 6.07) is 5.67. The number of hydrogen-bond donors (Lipinski definition) is 1. The summed E-state index contributed by atoms with van der Waals surface area (Å²) in [4.78, 5) is 25.3. The first-order valence-corrected chi connectivity index (χ1v) is 7.55. The number of ether oxygens (including phenoxy) is 2. The topological polar surface area (TPSA) is 67.9 Å². The number of nitrogens with one attached hydrogen (secondary N) is 1. The molecule has 0 bridgehead atoms. The number of fused-ring (bicyclic) bond motifs is 1. The number of nitrogens with zero attached hydrogens (tertiary/aromatic N) is 1. The van der Waals surface area contributed by atoms with Crippen molar-refractivity contribution >= 4 is 11.8 Å². The number of amides is 2. The molecule has 1 aromatic carbocycles. The van der Waals surface area contributed by atoms with Crippen LogP contribution < -0.4 is 14.8 Å². The third-order valence-electron chi connectivity index (χ3n) is 4.21. The molecular formula is C16H20N2O4. The molecule has 2 aliphatic heterocycles. The average Bonchev–Trinajstić information content (AvgIpc) is 3.00. The van der Waals surface area contributed by atoms with Gasteiger partial charge in [-0.1, -0.05) is 6.07 Å². The maximum Gasteiger partial charge on any atom is 0.231 e. The highest BCUT2D eigenvalue weighted by molar-refractivity contribution is 5.79. The van der Waals surface area contributed by atoms with Crippen molar-refractivity contribution in [3.63, 3.8) is 0 Å². The molecule has 22 heavy (non-hydrogen) atoms. The minimum absolute atomic E-state index is 0.00962. The van der Waals surface area contributed by atoms with Crippen molar-refractivity contribution < 1.29 is 19.1 Å². The second-order valence-corrected chi connectivity index (χ2v) is 5.69. The predicted octanol–water partition coefficient (Wildman–Crippen LogP) is 1.29. The molecule has 6 heteroatoms. The summed E-state index contributed by atoms with van der Waals surface area (Å²) in [6.07, 6.45) is 1.46. The van der Waals surface area contributed by atoms with Crippen molar-refractivity contribution in [2.45, 2.75) is 26.3 Å². The van der Waals surface area contributed by atoms with E-state index in [1.165, 1.54) is 0 Å². The van der Waals surface area contributed by atoms with Gasteiger partial charge in [-0.2, -0.15) is 0 Å². The van der Waals surface area contributed by atoms with Crippen LogP contribution in [0.2, 0.25) is 0 Å². The second-order valence-electron chi connectivity index (χ2n) is 5.69. The molecule has 0 saturated carbocycles. The van der Waals surface area contributed by atoms with Gasteiger partial charge in [-0.05, 0) is 30.5 Å². The van der Waals surface area contributed by atoms with Gasteiger partial charge in [-0.25, -0.2) is 0 Å². The first kappa shape index (κ1) is 14.7. The van der Waals surface area contributed by atoms with E-state index in [1.54, 1.807) is 11.8 Å². The van der Waals surface area contributed by atoms with Gasteiger partial charge in [0.25, 0.3) is 0 Å². The van der Waals surface area contributed by atoms with Crippen molar-refractivity contribution in [1.29, 1.82) is 0 Å². The van der Waals surface area contributed by atoms with Crippen LogP contribution in [0.25, 0.3) is 0 Å². The smallest absolute Gasteiger partial charge is 0.231 e. The van der Waals surface area contributed by atoms with Crippen LogP contribution in [0.1, 0.15) is 25.3 Å². The molecule has 1 aromatic rings. The number of piperidine rings is 1. The molecule has 3 rings (SSSR count). The minimum Gasteiger partial charge on any atom is -0.454 e. The fourth-order valence-electron chi connectivity index (χ4n) is 2.84. The van der Waals surface area contributed by atoms with E-state index < -0.39 is 0 Å². The Hall–Kier alpha value is -2.24. The lowest BCUT2D eigenvalue weighted by Crippen LogP contribution is -2.42. The SMILES string of the molecule is CC(=O)N1CCC(C(=O)NCc2ccc3c(c2)OCO3)CC1. The van der Waals surface area contributed by atoms with Crippen LogP contribution in [-0.4, -0.2) is 36.6 Å². The third-order valence-corrected chi connectivity index (χ3v) is 4.21. The first-order chi connectivity index (χ1) is 10.6. The third kappa shape index (κ3) is 3.16. The number of likely N-dealkylation sites (tertiary alicyclic amines) is 1. The Morgan fingerprint density at radius 2 is 1.95 bits per heavy atom. The number of benzene rings is 1. The molecule has 0 aliphatic carbocycles. The summed E-state index contributed by atoms with van der Waals surface area (Å²) in [5.41, 5.74) is 0.985. The monoisotopic (exact) mass is 304 g/mol. The Bertz CT molecular complexity index is 580. The van der Waals surface area contributed by atoms with Gasteiger partial charge >= 0.3 is 0 Å². The molecule has 2 aliphatic rings. The Morgan fingerprint density at radius 3 is 2.68 bits per heavy atom. The van der Waals surface area contributed by atoms with Gasteiger partial charge in [-0.3, -0.25) is 9.59 Å². The van der Waals surface area contributed by atoms with Crippen molar-refractivity contribution in [2.75, 3.05) is 19.9 Å². The molecular weight excluding hydrogens is 284 g/mol. The molecule has 6 nitrogen and oxygen atoms in total. The molecule has 0 aromatic heterocycles. The normalized spacial score (nSPS) is 17.4. The van der Waals surface area contributed by atoms with E-state index in [4.69, 9.17) is 9.47 Å². The number of hydrogen-bond acceptors (Lipinski definition) is 4. The molecule has 2 amide bonds. The van der Waals surface area contributed by atoms with Gasteiger partial charge in [-0.15, -0.1) is 0 Å². The largest absolute Gasteiger partial charge is 0.454 e. The Labute approximate surface area is 129 Å². The summed E-state index contributed by atoms with van der Waals surface area (Å²) in [5, 5.41) is 2.97. The summed E-state index contributed by atoms with van der Waals surface area (Å²) < 4.78 is 10.6. The Kier molecular flexibility index (Phi) is 4.18. The summed E-state index contributed by atoms with van der Waals surface area (Å²) in [7, 11) is 0. The predicted molar refractivity (Wildman–Crippen MR) is 79.4 cm³/mol. The molecule has 0 spiro atoms. The maximum absolute atomic E-state index is 12.2. The first-order valence-electron chi connectivity index (χ1n) is 7.55. The lowest BCUT2D eigenvalue weighted by Gasteiger charge is -2.30. The van der Waals surface area contributed by atoms with E-state index in [0.29, 0.717) is 19.6 Å². The molecule has 1 fully saturated rings. The molecule has 2 heterocycles. The summed E-state index contributed by atoms with van der Waals surface area (Å²) in [5.74, 6) is 1.60. The zero-order valence-corrected chi connectivity index (χ0v) is 12.6. The van der Waals surface area contributed by atoms with Gasteiger partial charge in [0.2, 0.25) is 18.6 Å². The standard InChI is InChI=1S/C16H20N2O4/c1-11(19)18-6-4-13(5-7-18)16(20)17-9-12-2-3-14-15(8-12)22-10-21-14/h2-3,8,13H,4-7,9-10H2,1H3,(H,17,20). The lowest BCUT2D eigenvalue weighted by atomic mass is 9.96. The van der Waals surface area contributed by atoms with Crippen molar-refractivity contribution in [2.24, 2.45) is 5.92 Å². The summed E-state index contributed by atoms with van der Waals surface area (Å²) >= 11 is 0. The quantitative estimate of drug-likeness (QED) is 0.913. The molecule has 0 unspecified atom stereocenters.